The standard InChI is InChI=1S/C15H22FN3S/c1-15(2)6-7-19(8-9-20-15)10-11-4-3-5-12(13(11)16)14(17)18/h3-5H,6-10H2,1-2H3,(H3,17,18). The molecule has 1 fully saturated rings. The van der Waals surface area contributed by atoms with E-state index in [1.807, 2.05) is 11.8 Å². The lowest BCUT2D eigenvalue weighted by atomic mass is 10.1. The maximum Gasteiger partial charge on any atom is 0.138 e. The first-order valence-corrected chi connectivity index (χ1v) is 7.86. The van der Waals surface area contributed by atoms with Crippen LogP contribution in [0.15, 0.2) is 18.2 Å². The van der Waals surface area contributed by atoms with E-state index in [1.165, 1.54) is 0 Å². The average molecular weight is 295 g/mol. The zero-order chi connectivity index (χ0) is 14.8. The Hall–Kier alpha value is -1.07. The highest BCUT2D eigenvalue weighted by molar-refractivity contribution is 8.00. The molecule has 1 heterocycles. The highest BCUT2D eigenvalue weighted by atomic mass is 32.2. The molecule has 1 aliphatic rings. The van der Waals surface area contributed by atoms with Crippen LogP contribution in [0.25, 0.3) is 0 Å². The predicted octanol–water partition coefficient (Wildman–Crippen LogP) is 2.83. The summed E-state index contributed by atoms with van der Waals surface area (Å²) in [7, 11) is 0. The van der Waals surface area contributed by atoms with Crippen LogP contribution in [0.4, 0.5) is 4.39 Å². The summed E-state index contributed by atoms with van der Waals surface area (Å²) in [5, 5.41) is 7.40. The zero-order valence-corrected chi connectivity index (χ0v) is 12.9. The summed E-state index contributed by atoms with van der Waals surface area (Å²) in [6.45, 7) is 7.06. The van der Waals surface area contributed by atoms with Crippen molar-refractivity contribution in [1.82, 2.24) is 4.90 Å². The highest BCUT2D eigenvalue weighted by Crippen LogP contribution is 2.31. The van der Waals surface area contributed by atoms with Gasteiger partial charge in [-0.25, -0.2) is 4.39 Å². The molecule has 0 atom stereocenters. The van der Waals surface area contributed by atoms with E-state index >= 15 is 0 Å². The number of nitrogens with two attached hydrogens (primary N) is 1. The summed E-state index contributed by atoms with van der Waals surface area (Å²) in [6, 6.07) is 5.11. The molecule has 0 amide bonds. The third kappa shape index (κ3) is 3.73. The van der Waals surface area contributed by atoms with Crippen molar-refractivity contribution in [2.75, 3.05) is 18.8 Å². The fourth-order valence-corrected chi connectivity index (χ4v) is 3.51. The van der Waals surface area contributed by atoms with E-state index in [2.05, 4.69) is 18.7 Å². The van der Waals surface area contributed by atoms with Crippen molar-refractivity contribution >= 4 is 17.6 Å². The molecular formula is C15H22FN3S. The largest absolute Gasteiger partial charge is 0.384 e. The Morgan fingerprint density at radius 2 is 2.20 bits per heavy atom. The van der Waals surface area contributed by atoms with E-state index in [0.29, 0.717) is 16.9 Å². The molecule has 110 valence electrons. The minimum Gasteiger partial charge on any atom is -0.384 e. The number of hydrogen-bond donors (Lipinski definition) is 2. The number of nitrogens with one attached hydrogen (secondary N) is 1. The van der Waals surface area contributed by atoms with Gasteiger partial charge in [0.1, 0.15) is 11.7 Å². The van der Waals surface area contributed by atoms with E-state index in [9.17, 15) is 4.39 Å². The van der Waals surface area contributed by atoms with Gasteiger partial charge in [-0.15, -0.1) is 0 Å². The maximum absolute atomic E-state index is 14.3. The number of hydrogen-bond acceptors (Lipinski definition) is 3. The lowest BCUT2D eigenvalue weighted by Crippen LogP contribution is -2.27. The van der Waals surface area contributed by atoms with Crippen molar-refractivity contribution in [3.63, 3.8) is 0 Å². The summed E-state index contributed by atoms with van der Waals surface area (Å²) in [6.07, 6.45) is 1.10. The summed E-state index contributed by atoms with van der Waals surface area (Å²) < 4.78 is 14.6. The van der Waals surface area contributed by atoms with Gasteiger partial charge < -0.3 is 5.73 Å². The first kappa shape index (κ1) is 15.3. The molecule has 1 aliphatic heterocycles. The molecule has 1 aromatic carbocycles. The molecule has 3 nitrogen and oxygen atoms in total. The molecule has 0 radical (unpaired) electrons. The Morgan fingerprint density at radius 3 is 2.90 bits per heavy atom. The maximum atomic E-state index is 14.3. The predicted molar refractivity (Wildman–Crippen MR) is 83.8 cm³/mol. The number of thioether (sulfide) groups is 1. The Labute approximate surface area is 124 Å². The highest BCUT2D eigenvalue weighted by Gasteiger charge is 2.24. The summed E-state index contributed by atoms with van der Waals surface area (Å²) >= 11 is 1.98. The summed E-state index contributed by atoms with van der Waals surface area (Å²) in [4.78, 5) is 2.28. The fraction of sp³-hybridized carbons (Fsp3) is 0.533. The number of benzene rings is 1. The Balaban J connectivity index is 2.10. The lowest BCUT2D eigenvalue weighted by molar-refractivity contribution is 0.272. The van der Waals surface area contributed by atoms with Gasteiger partial charge >= 0.3 is 0 Å². The molecule has 0 aromatic heterocycles. The third-order valence-electron chi connectivity index (χ3n) is 3.69. The number of nitrogens with zero attached hydrogens (tertiary/aromatic N) is 1. The van der Waals surface area contributed by atoms with Crippen molar-refractivity contribution in [3.05, 3.63) is 35.1 Å². The van der Waals surface area contributed by atoms with Gasteiger partial charge in [0.05, 0.1) is 5.56 Å². The molecule has 0 aliphatic carbocycles. The monoisotopic (exact) mass is 295 g/mol. The molecule has 1 aromatic rings. The fourth-order valence-electron chi connectivity index (χ4n) is 2.37. The van der Waals surface area contributed by atoms with Gasteiger partial charge in [0.25, 0.3) is 0 Å². The minimum atomic E-state index is -0.351. The summed E-state index contributed by atoms with van der Waals surface area (Å²) in [5.41, 5.74) is 6.23. The molecule has 0 bridgehead atoms. The molecule has 1 saturated heterocycles. The van der Waals surface area contributed by atoms with Crippen LogP contribution in [0.5, 0.6) is 0 Å². The van der Waals surface area contributed by atoms with Gasteiger partial charge in [0, 0.05) is 29.2 Å². The summed E-state index contributed by atoms with van der Waals surface area (Å²) in [5.74, 6) is 0.508. The van der Waals surface area contributed by atoms with Crippen LogP contribution >= 0.6 is 11.8 Å². The van der Waals surface area contributed by atoms with Crippen LogP contribution in [0, 0.1) is 11.2 Å². The van der Waals surface area contributed by atoms with E-state index in [0.717, 1.165) is 25.3 Å². The number of rotatable bonds is 3. The second-order valence-electron chi connectivity index (χ2n) is 5.83. The van der Waals surface area contributed by atoms with Crippen LogP contribution in [0.2, 0.25) is 0 Å². The van der Waals surface area contributed by atoms with Gasteiger partial charge in [-0.3, -0.25) is 10.3 Å². The molecule has 5 heteroatoms. The van der Waals surface area contributed by atoms with E-state index in [1.54, 1.807) is 18.2 Å². The smallest absolute Gasteiger partial charge is 0.138 e. The van der Waals surface area contributed by atoms with E-state index in [4.69, 9.17) is 11.1 Å². The first-order chi connectivity index (χ1) is 9.39. The first-order valence-electron chi connectivity index (χ1n) is 6.87. The van der Waals surface area contributed by atoms with Gasteiger partial charge in [-0.1, -0.05) is 26.0 Å². The van der Waals surface area contributed by atoms with Crippen LogP contribution in [0.1, 0.15) is 31.4 Å². The van der Waals surface area contributed by atoms with Crippen molar-refractivity contribution in [2.45, 2.75) is 31.6 Å². The molecule has 2 rings (SSSR count). The van der Waals surface area contributed by atoms with Gasteiger partial charge in [0.2, 0.25) is 0 Å². The van der Waals surface area contributed by atoms with Crippen LogP contribution in [-0.4, -0.2) is 34.3 Å². The van der Waals surface area contributed by atoms with Crippen molar-refractivity contribution < 1.29 is 4.39 Å². The Bertz CT molecular complexity index is 502. The topological polar surface area (TPSA) is 53.1 Å². The van der Waals surface area contributed by atoms with Gasteiger partial charge in [0.15, 0.2) is 0 Å². The van der Waals surface area contributed by atoms with Crippen LogP contribution < -0.4 is 5.73 Å². The van der Waals surface area contributed by atoms with Gasteiger partial charge in [-0.05, 0) is 19.0 Å². The van der Waals surface area contributed by atoms with Crippen molar-refractivity contribution in [3.8, 4) is 0 Å². The van der Waals surface area contributed by atoms with E-state index in [-0.39, 0.29) is 17.2 Å². The average Bonchev–Trinajstić information content (AvgIpc) is 2.53. The molecule has 0 unspecified atom stereocenters. The molecule has 0 saturated carbocycles. The molecule has 20 heavy (non-hydrogen) atoms. The molecule has 0 spiro atoms. The van der Waals surface area contributed by atoms with Crippen molar-refractivity contribution in [2.24, 2.45) is 5.73 Å². The second-order valence-corrected chi connectivity index (χ2v) is 7.63. The Kier molecular flexibility index (Phi) is 4.70. The number of amidine groups is 1. The van der Waals surface area contributed by atoms with Crippen molar-refractivity contribution in [1.29, 1.82) is 5.41 Å². The SMILES string of the molecule is CC1(C)CCN(Cc2cccc(C(=N)N)c2F)CCS1. The normalized spacial score (nSPS) is 19.6. The number of nitrogen functional groups attached to an aromatic ring is 1. The second kappa shape index (κ2) is 6.14. The third-order valence-corrected chi connectivity index (χ3v) is 5.07. The minimum absolute atomic E-state index is 0.201. The molecule has 3 N–H and O–H groups in total. The molecular weight excluding hydrogens is 273 g/mol. The number of halogens is 1. The Morgan fingerprint density at radius 1 is 1.45 bits per heavy atom. The lowest BCUT2D eigenvalue weighted by Gasteiger charge is -2.23. The van der Waals surface area contributed by atoms with E-state index < -0.39 is 0 Å². The van der Waals surface area contributed by atoms with Crippen LogP contribution in [0.3, 0.4) is 0 Å². The van der Waals surface area contributed by atoms with Crippen LogP contribution in [-0.2, 0) is 6.54 Å². The quantitative estimate of drug-likeness (QED) is 0.666. The zero-order valence-electron chi connectivity index (χ0n) is 12.1. The van der Waals surface area contributed by atoms with Gasteiger partial charge in [-0.2, -0.15) is 11.8 Å².